The molecule has 1 fully saturated rings. The van der Waals surface area contributed by atoms with Gasteiger partial charge in [-0.25, -0.2) is 13.1 Å². The Labute approximate surface area is 136 Å². The van der Waals surface area contributed by atoms with Gasteiger partial charge >= 0.3 is 0 Å². The summed E-state index contributed by atoms with van der Waals surface area (Å²) in [6.07, 6.45) is 5.53. The number of piperidine rings is 1. The van der Waals surface area contributed by atoms with Crippen LogP contribution in [0.3, 0.4) is 0 Å². The fraction of sp³-hybridized carbons (Fsp3) is 0.375. The van der Waals surface area contributed by atoms with E-state index in [1.54, 1.807) is 29.2 Å². The first kappa shape index (κ1) is 17.2. The van der Waals surface area contributed by atoms with Gasteiger partial charge in [0.05, 0.1) is 17.9 Å². The molecule has 23 heavy (non-hydrogen) atoms. The van der Waals surface area contributed by atoms with Crippen LogP contribution in [-0.4, -0.2) is 44.6 Å². The van der Waals surface area contributed by atoms with Crippen LogP contribution in [0.2, 0.25) is 0 Å². The van der Waals surface area contributed by atoms with Gasteiger partial charge in [-0.3, -0.25) is 4.79 Å². The summed E-state index contributed by atoms with van der Waals surface area (Å²) in [6.45, 7) is 1.04. The smallest absolute Gasteiger partial charge is 0.246 e. The average Bonchev–Trinajstić information content (AvgIpc) is 2.52. The molecule has 1 saturated heterocycles. The average molecular weight is 333 g/mol. The molecule has 1 aliphatic heterocycles. The van der Waals surface area contributed by atoms with E-state index in [9.17, 15) is 13.2 Å². The van der Waals surface area contributed by atoms with E-state index < -0.39 is 10.0 Å². The van der Waals surface area contributed by atoms with Gasteiger partial charge in [0.15, 0.2) is 0 Å². The van der Waals surface area contributed by atoms with Gasteiger partial charge in [0, 0.05) is 25.2 Å². The lowest BCUT2D eigenvalue weighted by Crippen LogP contribution is -2.45. The molecule has 1 amide bonds. The number of hydrogen-bond donors (Lipinski definition) is 1. The highest BCUT2D eigenvalue weighted by molar-refractivity contribution is 7.88. The van der Waals surface area contributed by atoms with Crippen LogP contribution in [0, 0.1) is 11.3 Å². The minimum atomic E-state index is -3.21. The van der Waals surface area contributed by atoms with Crippen molar-refractivity contribution in [2.24, 2.45) is 0 Å². The maximum atomic E-state index is 12.2. The molecule has 1 heterocycles. The second-order valence-corrected chi connectivity index (χ2v) is 7.34. The summed E-state index contributed by atoms with van der Waals surface area (Å²) in [5.41, 5.74) is 1.35. The zero-order valence-electron chi connectivity index (χ0n) is 12.9. The summed E-state index contributed by atoms with van der Waals surface area (Å²) >= 11 is 0. The number of benzene rings is 1. The van der Waals surface area contributed by atoms with E-state index in [0.717, 1.165) is 11.8 Å². The fourth-order valence-electron chi connectivity index (χ4n) is 2.51. The predicted octanol–water partition coefficient (Wildman–Crippen LogP) is 1.11. The first-order chi connectivity index (χ1) is 10.9. The molecular weight excluding hydrogens is 314 g/mol. The Morgan fingerprint density at radius 2 is 2.09 bits per heavy atom. The molecule has 7 heteroatoms. The molecule has 6 nitrogen and oxygen atoms in total. The van der Waals surface area contributed by atoms with Crippen molar-refractivity contribution in [3.05, 3.63) is 41.5 Å². The molecule has 0 aliphatic carbocycles. The molecule has 1 aromatic rings. The highest BCUT2D eigenvalue weighted by atomic mass is 32.2. The summed E-state index contributed by atoms with van der Waals surface area (Å²) in [4.78, 5) is 13.9. The Morgan fingerprint density at radius 1 is 1.39 bits per heavy atom. The third-order valence-electron chi connectivity index (χ3n) is 3.62. The van der Waals surface area contributed by atoms with Gasteiger partial charge in [-0.1, -0.05) is 12.1 Å². The molecule has 1 aromatic carbocycles. The number of nitriles is 1. The third kappa shape index (κ3) is 5.51. The van der Waals surface area contributed by atoms with E-state index in [0.29, 0.717) is 31.5 Å². The maximum Gasteiger partial charge on any atom is 0.246 e. The van der Waals surface area contributed by atoms with Crippen molar-refractivity contribution in [2.75, 3.05) is 19.3 Å². The lowest BCUT2D eigenvalue weighted by atomic mass is 10.1. The second kappa shape index (κ2) is 7.40. The van der Waals surface area contributed by atoms with E-state index in [1.807, 2.05) is 6.07 Å². The van der Waals surface area contributed by atoms with Crippen LogP contribution in [0.5, 0.6) is 0 Å². The highest BCUT2D eigenvalue weighted by Crippen LogP contribution is 2.12. The van der Waals surface area contributed by atoms with Crippen molar-refractivity contribution >= 4 is 22.0 Å². The molecule has 0 bridgehead atoms. The molecule has 0 spiro atoms. The predicted molar refractivity (Wildman–Crippen MR) is 87.8 cm³/mol. The van der Waals surface area contributed by atoms with Gasteiger partial charge in [-0.15, -0.1) is 0 Å². The van der Waals surface area contributed by atoms with E-state index in [2.05, 4.69) is 10.8 Å². The molecule has 1 aliphatic rings. The van der Waals surface area contributed by atoms with Crippen molar-refractivity contribution in [3.63, 3.8) is 0 Å². The number of rotatable bonds is 4. The highest BCUT2D eigenvalue weighted by Gasteiger charge is 2.23. The van der Waals surface area contributed by atoms with Crippen molar-refractivity contribution in [2.45, 2.75) is 18.9 Å². The zero-order valence-corrected chi connectivity index (χ0v) is 13.7. The standard InChI is InChI=1S/C16H19N3O3S/c1-23(21,22)18-15-7-9-19(10-8-15)16(20)6-5-13-3-2-4-14(11-13)12-17/h2-6,11,15,18H,7-10H2,1H3. The zero-order chi connectivity index (χ0) is 16.9. The molecular formula is C16H19N3O3S. The third-order valence-corrected chi connectivity index (χ3v) is 4.38. The number of carbonyl (C=O) groups is 1. The SMILES string of the molecule is CS(=O)(=O)NC1CCN(C(=O)C=Cc2cccc(C#N)c2)CC1. The van der Waals surface area contributed by atoms with Crippen LogP contribution in [0.25, 0.3) is 6.08 Å². The van der Waals surface area contributed by atoms with Crippen molar-refractivity contribution in [1.82, 2.24) is 9.62 Å². The number of sulfonamides is 1. The van der Waals surface area contributed by atoms with E-state index >= 15 is 0 Å². The number of nitrogens with zero attached hydrogens (tertiary/aromatic N) is 2. The molecule has 122 valence electrons. The molecule has 1 N–H and O–H groups in total. The Balaban J connectivity index is 1.90. The van der Waals surface area contributed by atoms with Crippen molar-refractivity contribution in [3.8, 4) is 6.07 Å². The first-order valence-electron chi connectivity index (χ1n) is 7.32. The summed E-state index contributed by atoms with van der Waals surface area (Å²) in [5, 5.41) is 8.85. The van der Waals surface area contributed by atoms with Gasteiger partial charge in [0.1, 0.15) is 0 Å². The maximum absolute atomic E-state index is 12.2. The quantitative estimate of drug-likeness (QED) is 0.836. The monoisotopic (exact) mass is 333 g/mol. The molecule has 2 rings (SSSR count). The Hall–Kier alpha value is -2.17. The van der Waals surface area contributed by atoms with E-state index in [-0.39, 0.29) is 11.9 Å². The topological polar surface area (TPSA) is 90.3 Å². The number of amides is 1. The minimum absolute atomic E-state index is 0.106. The molecule has 0 radical (unpaired) electrons. The van der Waals surface area contributed by atoms with Crippen LogP contribution >= 0.6 is 0 Å². The van der Waals surface area contributed by atoms with Crippen LogP contribution in [0.4, 0.5) is 0 Å². The molecule has 0 saturated carbocycles. The van der Waals surface area contributed by atoms with Crippen molar-refractivity contribution in [1.29, 1.82) is 5.26 Å². The van der Waals surface area contributed by atoms with Crippen molar-refractivity contribution < 1.29 is 13.2 Å². The van der Waals surface area contributed by atoms with Crippen LogP contribution in [0.1, 0.15) is 24.0 Å². The number of hydrogen-bond acceptors (Lipinski definition) is 4. The summed E-state index contributed by atoms with van der Waals surface area (Å²) in [7, 11) is -3.21. The lowest BCUT2D eigenvalue weighted by molar-refractivity contribution is -0.126. The Kier molecular flexibility index (Phi) is 5.53. The van der Waals surface area contributed by atoms with Crippen LogP contribution < -0.4 is 4.72 Å². The number of likely N-dealkylation sites (tertiary alicyclic amines) is 1. The van der Waals surface area contributed by atoms with E-state index in [4.69, 9.17) is 5.26 Å². The van der Waals surface area contributed by atoms with E-state index in [1.165, 1.54) is 6.08 Å². The molecule has 0 atom stereocenters. The lowest BCUT2D eigenvalue weighted by Gasteiger charge is -2.31. The molecule has 0 aromatic heterocycles. The van der Waals surface area contributed by atoms with Gasteiger partial charge in [0.2, 0.25) is 15.9 Å². The van der Waals surface area contributed by atoms with Gasteiger partial charge < -0.3 is 4.90 Å². The largest absolute Gasteiger partial charge is 0.339 e. The first-order valence-corrected chi connectivity index (χ1v) is 9.21. The summed E-state index contributed by atoms with van der Waals surface area (Å²) in [5.74, 6) is -0.106. The van der Waals surface area contributed by atoms with Crippen LogP contribution in [-0.2, 0) is 14.8 Å². The fourth-order valence-corrected chi connectivity index (χ4v) is 3.35. The Morgan fingerprint density at radius 3 is 2.70 bits per heavy atom. The normalized spacial score (nSPS) is 16.4. The number of nitrogens with one attached hydrogen (secondary N) is 1. The Bertz CT molecular complexity index is 742. The number of carbonyl (C=O) groups excluding carboxylic acids is 1. The minimum Gasteiger partial charge on any atom is -0.339 e. The van der Waals surface area contributed by atoms with Crippen LogP contribution in [0.15, 0.2) is 30.3 Å². The van der Waals surface area contributed by atoms with Gasteiger partial charge in [-0.2, -0.15) is 5.26 Å². The second-order valence-electron chi connectivity index (χ2n) is 5.56. The summed E-state index contributed by atoms with van der Waals surface area (Å²) < 4.78 is 25.0. The summed E-state index contributed by atoms with van der Waals surface area (Å²) in [6, 6.07) is 8.97. The molecule has 0 unspecified atom stereocenters. The van der Waals surface area contributed by atoms with Gasteiger partial charge in [0.25, 0.3) is 0 Å². The van der Waals surface area contributed by atoms with Gasteiger partial charge in [-0.05, 0) is 36.6 Å².